The van der Waals surface area contributed by atoms with Crippen molar-refractivity contribution >= 4 is 17.1 Å². The van der Waals surface area contributed by atoms with Gasteiger partial charge in [0.25, 0.3) is 0 Å². The lowest BCUT2D eigenvalue weighted by molar-refractivity contribution is 0.0951. The van der Waals surface area contributed by atoms with Gasteiger partial charge in [-0.15, -0.1) is 11.3 Å². The van der Waals surface area contributed by atoms with Crippen molar-refractivity contribution in [3.05, 3.63) is 52.5 Å². The van der Waals surface area contributed by atoms with Crippen LogP contribution in [0.25, 0.3) is 0 Å². The second kappa shape index (κ2) is 7.92. The normalized spacial score (nSPS) is 12.2. The first-order valence-electron chi connectivity index (χ1n) is 6.80. The van der Waals surface area contributed by atoms with Crippen LogP contribution in [0.5, 0.6) is 0 Å². The molecular weight excluding hydrogens is 270 g/mol. The number of nitrogens with zero attached hydrogens (tertiary/aromatic N) is 1. The minimum absolute atomic E-state index is 0.130. The lowest BCUT2D eigenvalue weighted by Gasteiger charge is -2.13. The van der Waals surface area contributed by atoms with Crippen molar-refractivity contribution in [2.75, 3.05) is 13.7 Å². The number of ether oxygens (including phenoxy) is 1. The summed E-state index contributed by atoms with van der Waals surface area (Å²) in [5.41, 5.74) is 0.763. The number of aromatic nitrogens is 1. The molecule has 0 aliphatic rings. The highest BCUT2D eigenvalue weighted by atomic mass is 32.1. The first-order chi connectivity index (χ1) is 9.83. The molecule has 0 radical (unpaired) electrons. The fourth-order valence-corrected chi connectivity index (χ4v) is 2.94. The number of benzene rings is 1. The van der Waals surface area contributed by atoms with E-state index in [1.165, 1.54) is 0 Å². The maximum Gasteiger partial charge on any atom is 0.172 e. The topological polar surface area (TPSA) is 39.2 Å². The summed E-state index contributed by atoms with van der Waals surface area (Å²) < 4.78 is 5.06. The number of Topliss-reactive ketones (excluding diaryl/α,β-unsaturated/α-hetero) is 1. The van der Waals surface area contributed by atoms with E-state index in [-0.39, 0.29) is 11.7 Å². The average Bonchev–Trinajstić information content (AvgIpc) is 3.02. The Morgan fingerprint density at radius 1 is 1.30 bits per heavy atom. The summed E-state index contributed by atoms with van der Waals surface area (Å²) in [7, 11) is 1.70. The third-order valence-corrected chi connectivity index (χ3v) is 4.10. The van der Waals surface area contributed by atoms with Gasteiger partial charge in [0.2, 0.25) is 0 Å². The first kappa shape index (κ1) is 14.9. The van der Waals surface area contributed by atoms with Gasteiger partial charge in [0.1, 0.15) is 5.01 Å². The molecule has 0 spiro atoms. The van der Waals surface area contributed by atoms with Crippen molar-refractivity contribution < 1.29 is 9.53 Å². The van der Waals surface area contributed by atoms with Crippen LogP contribution in [0.15, 0.2) is 41.9 Å². The number of carbonyl (C=O) groups is 1. The molecule has 1 heterocycles. The van der Waals surface area contributed by atoms with Gasteiger partial charge in [-0.05, 0) is 12.8 Å². The van der Waals surface area contributed by atoms with Crippen molar-refractivity contribution in [1.29, 1.82) is 0 Å². The van der Waals surface area contributed by atoms with E-state index in [0.29, 0.717) is 0 Å². The SMILES string of the molecule is COCCCCC(C(=O)c1ccccc1)c1nccs1. The van der Waals surface area contributed by atoms with Crippen LogP contribution in [0.2, 0.25) is 0 Å². The fourth-order valence-electron chi connectivity index (χ4n) is 2.17. The highest BCUT2D eigenvalue weighted by molar-refractivity contribution is 7.09. The van der Waals surface area contributed by atoms with Gasteiger partial charge in [-0.25, -0.2) is 4.98 Å². The van der Waals surface area contributed by atoms with Crippen LogP contribution in [0.1, 0.15) is 40.5 Å². The maximum atomic E-state index is 12.6. The van der Waals surface area contributed by atoms with Crippen LogP contribution in [0.4, 0.5) is 0 Å². The molecule has 0 amide bonds. The van der Waals surface area contributed by atoms with Crippen LogP contribution in [-0.4, -0.2) is 24.5 Å². The second-order valence-corrected chi connectivity index (χ2v) is 5.57. The Labute approximate surface area is 123 Å². The molecule has 1 unspecified atom stereocenters. The van der Waals surface area contributed by atoms with Crippen LogP contribution in [0, 0.1) is 0 Å². The van der Waals surface area contributed by atoms with E-state index >= 15 is 0 Å². The van der Waals surface area contributed by atoms with Gasteiger partial charge in [0.05, 0.1) is 5.92 Å². The molecule has 3 nitrogen and oxygen atoms in total. The summed E-state index contributed by atoms with van der Waals surface area (Å²) in [6, 6.07) is 9.47. The molecule has 0 aliphatic heterocycles. The van der Waals surface area contributed by atoms with E-state index in [1.807, 2.05) is 35.7 Å². The maximum absolute atomic E-state index is 12.6. The van der Waals surface area contributed by atoms with E-state index in [0.717, 1.165) is 36.4 Å². The zero-order chi connectivity index (χ0) is 14.2. The van der Waals surface area contributed by atoms with Gasteiger partial charge in [0.15, 0.2) is 5.78 Å². The number of methoxy groups -OCH3 is 1. The summed E-state index contributed by atoms with van der Waals surface area (Å²) in [6.07, 6.45) is 4.53. The predicted octanol–water partition coefficient (Wildman–Crippen LogP) is 3.93. The van der Waals surface area contributed by atoms with Gasteiger partial charge >= 0.3 is 0 Å². The number of hydrogen-bond donors (Lipinski definition) is 0. The van der Waals surface area contributed by atoms with Crippen molar-refractivity contribution in [1.82, 2.24) is 4.98 Å². The number of hydrogen-bond acceptors (Lipinski definition) is 4. The van der Waals surface area contributed by atoms with Gasteiger partial charge in [0, 0.05) is 30.9 Å². The molecule has 1 atom stereocenters. The molecule has 0 bridgehead atoms. The van der Waals surface area contributed by atoms with Crippen molar-refractivity contribution in [2.45, 2.75) is 25.2 Å². The Bertz CT molecular complexity index is 511. The van der Waals surface area contributed by atoms with Crippen molar-refractivity contribution in [2.24, 2.45) is 0 Å². The minimum atomic E-state index is -0.130. The Hall–Kier alpha value is -1.52. The lowest BCUT2D eigenvalue weighted by atomic mass is 9.93. The number of thiazole rings is 1. The molecule has 0 saturated heterocycles. The van der Waals surface area contributed by atoms with Gasteiger partial charge in [-0.1, -0.05) is 36.8 Å². The third kappa shape index (κ3) is 3.99. The summed E-state index contributed by atoms with van der Waals surface area (Å²) in [5, 5.41) is 2.84. The van der Waals surface area contributed by atoms with Crippen molar-refractivity contribution in [3.63, 3.8) is 0 Å². The van der Waals surface area contributed by atoms with Crippen molar-refractivity contribution in [3.8, 4) is 0 Å². The zero-order valence-electron chi connectivity index (χ0n) is 11.6. The van der Waals surface area contributed by atoms with E-state index < -0.39 is 0 Å². The standard InChI is InChI=1S/C16H19NO2S/c1-19-11-6-5-9-14(16-17-10-12-20-16)15(18)13-7-3-2-4-8-13/h2-4,7-8,10,12,14H,5-6,9,11H2,1H3. The van der Waals surface area contributed by atoms with Gasteiger partial charge in [-0.3, -0.25) is 4.79 Å². The molecule has 20 heavy (non-hydrogen) atoms. The molecule has 2 rings (SSSR count). The summed E-state index contributed by atoms with van der Waals surface area (Å²) in [4.78, 5) is 17.0. The monoisotopic (exact) mass is 289 g/mol. The largest absolute Gasteiger partial charge is 0.385 e. The number of ketones is 1. The highest BCUT2D eigenvalue weighted by Crippen LogP contribution is 2.27. The van der Waals surface area contributed by atoms with E-state index in [9.17, 15) is 4.79 Å². The van der Waals surface area contributed by atoms with Gasteiger partial charge in [-0.2, -0.15) is 0 Å². The third-order valence-electron chi connectivity index (χ3n) is 3.22. The zero-order valence-corrected chi connectivity index (χ0v) is 12.4. The average molecular weight is 289 g/mol. The van der Waals surface area contributed by atoms with E-state index in [1.54, 1.807) is 24.6 Å². The molecule has 0 aliphatic carbocycles. The quantitative estimate of drug-likeness (QED) is 0.546. The summed E-state index contributed by atoms with van der Waals surface area (Å²) in [5.74, 6) is 0.0345. The first-order valence-corrected chi connectivity index (χ1v) is 7.68. The Balaban J connectivity index is 2.08. The molecule has 1 aromatic carbocycles. The number of unbranched alkanes of at least 4 members (excludes halogenated alkanes) is 1. The molecule has 1 aromatic heterocycles. The fraction of sp³-hybridized carbons (Fsp3) is 0.375. The van der Waals surface area contributed by atoms with Crippen LogP contribution in [-0.2, 0) is 4.74 Å². The predicted molar refractivity (Wildman–Crippen MR) is 81.4 cm³/mol. The van der Waals surface area contributed by atoms with E-state index in [2.05, 4.69) is 4.98 Å². The Kier molecular flexibility index (Phi) is 5.89. The smallest absolute Gasteiger partial charge is 0.172 e. The Morgan fingerprint density at radius 2 is 2.10 bits per heavy atom. The molecule has 0 N–H and O–H groups in total. The minimum Gasteiger partial charge on any atom is -0.385 e. The number of carbonyl (C=O) groups excluding carboxylic acids is 1. The van der Waals surface area contributed by atoms with Crippen LogP contribution >= 0.6 is 11.3 Å². The lowest BCUT2D eigenvalue weighted by Crippen LogP contribution is -2.13. The molecule has 2 aromatic rings. The molecule has 106 valence electrons. The highest BCUT2D eigenvalue weighted by Gasteiger charge is 2.23. The van der Waals surface area contributed by atoms with E-state index in [4.69, 9.17) is 4.74 Å². The summed E-state index contributed by atoms with van der Waals surface area (Å²) in [6.45, 7) is 0.740. The molecule has 0 fully saturated rings. The summed E-state index contributed by atoms with van der Waals surface area (Å²) >= 11 is 1.55. The second-order valence-electron chi connectivity index (χ2n) is 4.64. The van der Waals surface area contributed by atoms with Crippen LogP contribution < -0.4 is 0 Å². The molecule has 0 saturated carbocycles. The number of rotatable bonds is 8. The Morgan fingerprint density at radius 3 is 2.75 bits per heavy atom. The van der Waals surface area contributed by atoms with Crippen LogP contribution in [0.3, 0.4) is 0 Å². The van der Waals surface area contributed by atoms with Gasteiger partial charge < -0.3 is 4.74 Å². The molecular formula is C16H19NO2S. The molecule has 4 heteroatoms.